The van der Waals surface area contributed by atoms with Crippen molar-refractivity contribution in [3.63, 3.8) is 0 Å². The fourth-order valence-electron chi connectivity index (χ4n) is 3.05. The molecule has 0 saturated heterocycles. The van der Waals surface area contributed by atoms with Crippen LogP contribution in [-0.2, 0) is 17.8 Å². The van der Waals surface area contributed by atoms with Crippen LogP contribution in [0.5, 0.6) is 0 Å². The van der Waals surface area contributed by atoms with E-state index in [-0.39, 0.29) is 18.0 Å². The van der Waals surface area contributed by atoms with E-state index in [0.717, 1.165) is 17.0 Å². The van der Waals surface area contributed by atoms with Crippen LogP contribution in [0.15, 0.2) is 71.7 Å². The molecule has 0 aliphatic rings. The molecule has 1 N–H and O–H groups in total. The van der Waals surface area contributed by atoms with Gasteiger partial charge in [0.2, 0.25) is 5.91 Å². The average molecular weight is 388 g/mol. The number of hydrogen-bond donors (Lipinski definition) is 1. The minimum Gasteiger partial charge on any atom is -0.354 e. The number of rotatable bonds is 7. The molecular weight excluding hydrogens is 368 g/mol. The number of hydrogen-bond acceptors (Lipinski definition) is 5. The molecule has 0 bridgehead atoms. The SMILES string of the molecule is O=C(Cn1nc(-c2ccccc2)ccc1=O)NCCCc1nnc2ccccn12. The van der Waals surface area contributed by atoms with Gasteiger partial charge in [-0.1, -0.05) is 36.4 Å². The third-order valence-electron chi connectivity index (χ3n) is 4.51. The van der Waals surface area contributed by atoms with Gasteiger partial charge in [-0.2, -0.15) is 5.10 Å². The van der Waals surface area contributed by atoms with Crippen molar-refractivity contribution in [3.8, 4) is 11.3 Å². The van der Waals surface area contributed by atoms with Crippen molar-refractivity contribution in [1.29, 1.82) is 0 Å². The maximum Gasteiger partial charge on any atom is 0.267 e. The van der Waals surface area contributed by atoms with Gasteiger partial charge in [-0.3, -0.25) is 14.0 Å². The van der Waals surface area contributed by atoms with Gasteiger partial charge in [0.25, 0.3) is 5.56 Å². The Kier molecular flexibility index (Phi) is 5.42. The van der Waals surface area contributed by atoms with Crippen LogP contribution in [0.25, 0.3) is 16.9 Å². The second kappa shape index (κ2) is 8.47. The summed E-state index contributed by atoms with van der Waals surface area (Å²) in [4.78, 5) is 24.3. The molecule has 8 heteroatoms. The van der Waals surface area contributed by atoms with E-state index in [2.05, 4.69) is 20.6 Å². The zero-order valence-electron chi connectivity index (χ0n) is 15.7. The number of nitrogens with zero attached hydrogens (tertiary/aromatic N) is 5. The molecule has 0 unspecified atom stereocenters. The summed E-state index contributed by atoms with van der Waals surface area (Å²) in [5.41, 5.74) is 2.03. The van der Waals surface area contributed by atoms with Crippen LogP contribution in [0.3, 0.4) is 0 Å². The van der Waals surface area contributed by atoms with Crippen molar-refractivity contribution >= 4 is 11.6 Å². The van der Waals surface area contributed by atoms with Crippen molar-refractivity contribution in [2.75, 3.05) is 6.54 Å². The van der Waals surface area contributed by atoms with Gasteiger partial charge in [0.1, 0.15) is 12.4 Å². The van der Waals surface area contributed by atoms with E-state index in [4.69, 9.17) is 0 Å². The largest absolute Gasteiger partial charge is 0.354 e. The first-order valence-corrected chi connectivity index (χ1v) is 9.40. The lowest BCUT2D eigenvalue weighted by Crippen LogP contribution is -2.34. The number of aryl methyl sites for hydroxylation is 1. The predicted molar refractivity (Wildman–Crippen MR) is 108 cm³/mol. The van der Waals surface area contributed by atoms with Crippen molar-refractivity contribution in [2.24, 2.45) is 0 Å². The molecular formula is C21H20N6O2. The van der Waals surface area contributed by atoms with Crippen molar-refractivity contribution in [2.45, 2.75) is 19.4 Å². The van der Waals surface area contributed by atoms with E-state index in [1.54, 1.807) is 6.07 Å². The summed E-state index contributed by atoms with van der Waals surface area (Å²) in [6, 6.07) is 18.4. The summed E-state index contributed by atoms with van der Waals surface area (Å²) >= 11 is 0. The molecule has 8 nitrogen and oxygen atoms in total. The average Bonchev–Trinajstić information content (AvgIpc) is 3.17. The fraction of sp³-hybridized carbons (Fsp3) is 0.190. The van der Waals surface area contributed by atoms with E-state index in [1.807, 2.05) is 59.1 Å². The molecule has 1 amide bonds. The molecule has 0 fully saturated rings. The quantitative estimate of drug-likeness (QED) is 0.486. The Labute approximate surface area is 166 Å². The minimum absolute atomic E-state index is 0.118. The predicted octanol–water partition coefficient (Wildman–Crippen LogP) is 1.70. The second-order valence-electron chi connectivity index (χ2n) is 6.58. The summed E-state index contributed by atoms with van der Waals surface area (Å²) in [5, 5.41) is 15.4. The van der Waals surface area contributed by atoms with E-state index in [9.17, 15) is 9.59 Å². The molecule has 4 rings (SSSR count). The maximum absolute atomic E-state index is 12.2. The van der Waals surface area contributed by atoms with E-state index < -0.39 is 0 Å². The second-order valence-corrected chi connectivity index (χ2v) is 6.58. The Balaban J connectivity index is 1.32. The number of carbonyl (C=O) groups is 1. The maximum atomic E-state index is 12.2. The third-order valence-corrected chi connectivity index (χ3v) is 4.51. The van der Waals surface area contributed by atoms with Gasteiger partial charge in [0, 0.05) is 30.8 Å². The third kappa shape index (κ3) is 4.37. The fourth-order valence-corrected chi connectivity index (χ4v) is 3.05. The van der Waals surface area contributed by atoms with Crippen molar-refractivity contribution < 1.29 is 4.79 Å². The first-order valence-electron chi connectivity index (χ1n) is 9.40. The Hall–Kier alpha value is -3.81. The highest BCUT2D eigenvalue weighted by molar-refractivity contribution is 5.75. The number of aromatic nitrogens is 5. The minimum atomic E-state index is -0.310. The molecule has 3 heterocycles. The number of amides is 1. The highest BCUT2D eigenvalue weighted by Crippen LogP contribution is 2.13. The van der Waals surface area contributed by atoms with Gasteiger partial charge in [-0.25, -0.2) is 4.68 Å². The van der Waals surface area contributed by atoms with Crippen LogP contribution < -0.4 is 10.9 Å². The van der Waals surface area contributed by atoms with Gasteiger partial charge in [0.05, 0.1) is 5.69 Å². The highest BCUT2D eigenvalue weighted by atomic mass is 16.2. The summed E-state index contributed by atoms with van der Waals surface area (Å²) < 4.78 is 3.12. The first-order chi connectivity index (χ1) is 14.2. The molecule has 4 aromatic rings. The highest BCUT2D eigenvalue weighted by Gasteiger charge is 2.09. The summed E-state index contributed by atoms with van der Waals surface area (Å²) in [6.07, 6.45) is 3.32. The summed E-state index contributed by atoms with van der Waals surface area (Å²) in [6.45, 7) is 0.362. The van der Waals surface area contributed by atoms with Gasteiger partial charge in [-0.15, -0.1) is 10.2 Å². The monoisotopic (exact) mass is 388 g/mol. The number of nitrogens with one attached hydrogen (secondary N) is 1. The van der Waals surface area contributed by atoms with E-state index in [1.165, 1.54) is 10.7 Å². The Morgan fingerprint density at radius 3 is 2.66 bits per heavy atom. The number of pyridine rings is 1. The standard InChI is InChI=1S/C21H20N6O2/c28-20(22-13-6-10-19-24-23-18-9-4-5-14-26(18)19)15-27-21(29)12-11-17(25-27)16-7-2-1-3-8-16/h1-5,7-9,11-12,14H,6,10,13,15H2,(H,22,28). The molecule has 0 spiro atoms. The number of benzene rings is 1. The lowest BCUT2D eigenvalue weighted by Gasteiger charge is -2.08. The van der Waals surface area contributed by atoms with Crippen LogP contribution in [0.1, 0.15) is 12.2 Å². The zero-order valence-corrected chi connectivity index (χ0v) is 15.7. The first kappa shape index (κ1) is 18.5. The normalized spacial score (nSPS) is 10.9. The van der Waals surface area contributed by atoms with Gasteiger partial charge in [0.15, 0.2) is 5.65 Å². The smallest absolute Gasteiger partial charge is 0.267 e. The lowest BCUT2D eigenvalue weighted by molar-refractivity contribution is -0.121. The van der Waals surface area contributed by atoms with Crippen LogP contribution >= 0.6 is 0 Å². The zero-order chi connectivity index (χ0) is 20.1. The molecule has 0 radical (unpaired) electrons. The van der Waals surface area contributed by atoms with Crippen molar-refractivity contribution in [3.05, 3.63) is 83.0 Å². The van der Waals surface area contributed by atoms with E-state index >= 15 is 0 Å². The number of fused-ring (bicyclic) bond motifs is 1. The van der Waals surface area contributed by atoms with Crippen LogP contribution in [0.2, 0.25) is 0 Å². The molecule has 3 aromatic heterocycles. The molecule has 146 valence electrons. The van der Waals surface area contributed by atoms with Gasteiger partial charge < -0.3 is 5.32 Å². The van der Waals surface area contributed by atoms with Gasteiger partial charge >= 0.3 is 0 Å². The van der Waals surface area contributed by atoms with Crippen molar-refractivity contribution in [1.82, 2.24) is 29.7 Å². The summed E-state index contributed by atoms with van der Waals surface area (Å²) in [7, 11) is 0. The molecule has 0 saturated carbocycles. The van der Waals surface area contributed by atoms with Crippen LogP contribution in [-0.4, -0.2) is 36.8 Å². The van der Waals surface area contributed by atoms with Crippen LogP contribution in [0.4, 0.5) is 0 Å². The topological polar surface area (TPSA) is 94.2 Å². The Morgan fingerprint density at radius 1 is 0.966 bits per heavy atom. The Bertz CT molecular complexity index is 1180. The van der Waals surface area contributed by atoms with E-state index in [0.29, 0.717) is 25.1 Å². The number of carbonyl (C=O) groups excluding carboxylic acids is 1. The Morgan fingerprint density at radius 2 is 1.79 bits per heavy atom. The molecule has 0 aliphatic carbocycles. The lowest BCUT2D eigenvalue weighted by atomic mass is 10.1. The summed E-state index contributed by atoms with van der Waals surface area (Å²) in [5.74, 6) is 0.596. The van der Waals surface area contributed by atoms with Crippen LogP contribution in [0, 0.1) is 0 Å². The van der Waals surface area contributed by atoms with Gasteiger partial charge in [-0.05, 0) is 24.6 Å². The molecule has 1 aromatic carbocycles. The molecule has 29 heavy (non-hydrogen) atoms. The molecule has 0 aliphatic heterocycles. The molecule has 0 atom stereocenters.